The molecule has 2 heterocycles. The number of urea groups is 1. The van der Waals surface area contributed by atoms with Crippen molar-refractivity contribution in [1.29, 1.82) is 0 Å². The van der Waals surface area contributed by atoms with Crippen molar-refractivity contribution in [2.75, 3.05) is 13.1 Å². The van der Waals surface area contributed by atoms with Crippen LogP contribution in [-0.4, -0.2) is 47.1 Å². The maximum Gasteiger partial charge on any atom is 0.315 e. The van der Waals surface area contributed by atoms with Gasteiger partial charge >= 0.3 is 6.03 Å². The maximum atomic E-state index is 12.2. The quantitative estimate of drug-likeness (QED) is 0.813. The number of pyridine rings is 1. The van der Waals surface area contributed by atoms with E-state index in [9.17, 15) is 9.59 Å². The Bertz CT molecular complexity index is 611. The number of hydrogen-bond donors (Lipinski definition) is 2. The zero-order valence-electron chi connectivity index (χ0n) is 16.1. The second kappa shape index (κ2) is 9.40. The lowest BCUT2D eigenvalue weighted by atomic mass is 10.0. The molecule has 0 atom stereocenters. The number of aromatic nitrogens is 1. The first-order valence-corrected chi connectivity index (χ1v) is 9.30. The molecule has 3 amide bonds. The minimum atomic E-state index is -0.210. The SMILES string of the molecule is CC(C)Oc1ncccc1CNC(=O)NC1CCN(C(=O)C(C)C)CC1. The molecule has 2 rings (SSSR count). The zero-order chi connectivity index (χ0) is 19.1. The van der Waals surface area contributed by atoms with Crippen LogP contribution >= 0.6 is 0 Å². The van der Waals surface area contributed by atoms with Crippen LogP contribution in [0.25, 0.3) is 0 Å². The van der Waals surface area contributed by atoms with Crippen molar-refractivity contribution in [2.45, 2.75) is 59.2 Å². The topological polar surface area (TPSA) is 83.6 Å². The minimum Gasteiger partial charge on any atom is -0.475 e. The van der Waals surface area contributed by atoms with Gasteiger partial charge in [-0.1, -0.05) is 19.9 Å². The fraction of sp³-hybridized carbons (Fsp3) is 0.632. The Morgan fingerprint density at radius 3 is 2.58 bits per heavy atom. The molecule has 1 aliphatic heterocycles. The van der Waals surface area contributed by atoms with E-state index in [1.54, 1.807) is 6.20 Å². The molecule has 1 aliphatic rings. The van der Waals surface area contributed by atoms with Gasteiger partial charge in [0, 0.05) is 43.4 Å². The zero-order valence-corrected chi connectivity index (χ0v) is 16.1. The number of nitrogens with zero attached hydrogens (tertiary/aromatic N) is 2. The first-order valence-electron chi connectivity index (χ1n) is 9.30. The monoisotopic (exact) mass is 362 g/mol. The summed E-state index contributed by atoms with van der Waals surface area (Å²) in [6, 6.07) is 3.59. The summed E-state index contributed by atoms with van der Waals surface area (Å²) in [6.45, 7) is 9.44. The van der Waals surface area contributed by atoms with Crippen LogP contribution in [0.2, 0.25) is 0 Å². The Hall–Kier alpha value is -2.31. The number of ether oxygens (including phenoxy) is 1. The molecule has 1 aromatic rings. The Balaban J connectivity index is 1.77. The van der Waals surface area contributed by atoms with Crippen LogP contribution in [0.5, 0.6) is 5.88 Å². The molecule has 0 bridgehead atoms. The lowest BCUT2D eigenvalue weighted by Gasteiger charge is -2.33. The summed E-state index contributed by atoms with van der Waals surface area (Å²) in [4.78, 5) is 30.3. The fourth-order valence-electron chi connectivity index (χ4n) is 2.91. The van der Waals surface area contributed by atoms with Gasteiger partial charge in [-0.3, -0.25) is 4.79 Å². The molecule has 7 heteroatoms. The highest BCUT2D eigenvalue weighted by Crippen LogP contribution is 2.16. The summed E-state index contributed by atoms with van der Waals surface area (Å²) in [7, 11) is 0. The van der Waals surface area contributed by atoms with Gasteiger partial charge in [0.1, 0.15) is 0 Å². The molecule has 2 N–H and O–H groups in total. The number of carbonyl (C=O) groups is 2. The summed E-state index contributed by atoms with van der Waals surface area (Å²) >= 11 is 0. The Labute approximate surface area is 155 Å². The average molecular weight is 362 g/mol. The predicted molar refractivity (Wildman–Crippen MR) is 99.8 cm³/mol. The third-order valence-corrected chi connectivity index (χ3v) is 4.27. The van der Waals surface area contributed by atoms with Gasteiger partial charge in [-0.15, -0.1) is 0 Å². The first kappa shape index (κ1) is 20.0. The van der Waals surface area contributed by atoms with Crippen molar-refractivity contribution < 1.29 is 14.3 Å². The van der Waals surface area contributed by atoms with Crippen LogP contribution in [-0.2, 0) is 11.3 Å². The Morgan fingerprint density at radius 1 is 1.27 bits per heavy atom. The third kappa shape index (κ3) is 5.89. The van der Waals surface area contributed by atoms with E-state index in [1.807, 2.05) is 44.7 Å². The predicted octanol–water partition coefficient (Wildman–Crippen LogP) is 2.31. The van der Waals surface area contributed by atoms with E-state index in [2.05, 4.69) is 15.6 Å². The molecular weight excluding hydrogens is 332 g/mol. The smallest absolute Gasteiger partial charge is 0.315 e. The van der Waals surface area contributed by atoms with Crippen molar-refractivity contribution in [2.24, 2.45) is 5.92 Å². The molecule has 1 saturated heterocycles. The van der Waals surface area contributed by atoms with Crippen LogP contribution in [0, 0.1) is 5.92 Å². The standard InChI is InChI=1S/C19H30N4O3/c1-13(2)18(24)23-10-7-16(8-11-23)22-19(25)21-12-15-6-5-9-20-17(15)26-14(3)4/h5-6,9,13-14,16H,7-8,10-12H2,1-4H3,(H2,21,22,25). The normalized spacial score (nSPS) is 15.2. The van der Waals surface area contributed by atoms with Gasteiger partial charge < -0.3 is 20.3 Å². The molecular formula is C19H30N4O3. The highest BCUT2D eigenvalue weighted by atomic mass is 16.5. The molecule has 0 unspecified atom stereocenters. The van der Waals surface area contributed by atoms with Crippen LogP contribution in [0.4, 0.5) is 4.79 Å². The second-order valence-electron chi connectivity index (χ2n) is 7.22. The highest BCUT2D eigenvalue weighted by molar-refractivity contribution is 5.78. The molecule has 1 fully saturated rings. The van der Waals surface area contributed by atoms with Gasteiger partial charge in [-0.05, 0) is 32.8 Å². The van der Waals surface area contributed by atoms with Crippen molar-refractivity contribution in [3.05, 3.63) is 23.9 Å². The summed E-state index contributed by atoms with van der Waals surface area (Å²) in [5, 5.41) is 5.85. The largest absolute Gasteiger partial charge is 0.475 e. The molecule has 0 spiro atoms. The van der Waals surface area contributed by atoms with Crippen molar-refractivity contribution in [1.82, 2.24) is 20.5 Å². The van der Waals surface area contributed by atoms with Crippen molar-refractivity contribution >= 4 is 11.9 Å². The lowest BCUT2D eigenvalue weighted by Crippen LogP contribution is -2.49. The van der Waals surface area contributed by atoms with Gasteiger partial charge in [0.15, 0.2) is 0 Å². The van der Waals surface area contributed by atoms with Gasteiger partial charge in [0.2, 0.25) is 11.8 Å². The number of hydrogen-bond acceptors (Lipinski definition) is 4. The molecule has 0 saturated carbocycles. The molecule has 0 aliphatic carbocycles. The van der Waals surface area contributed by atoms with Crippen LogP contribution in [0.3, 0.4) is 0 Å². The molecule has 26 heavy (non-hydrogen) atoms. The number of amides is 3. The first-order chi connectivity index (χ1) is 12.4. The van der Waals surface area contributed by atoms with Crippen molar-refractivity contribution in [3.63, 3.8) is 0 Å². The van der Waals surface area contributed by atoms with Gasteiger partial charge in [-0.25, -0.2) is 9.78 Å². The lowest BCUT2D eigenvalue weighted by molar-refractivity contribution is -0.135. The van der Waals surface area contributed by atoms with E-state index in [4.69, 9.17) is 4.74 Å². The fourth-order valence-corrected chi connectivity index (χ4v) is 2.91. The summed E-state index contributed by atoms with van der Waals surface area (Å²) in [5.41, 5.74) is 0.841. The molecule has 1 aromatic heterocycles. The van der Waals surface area contributed by atoms with E-state index in [-0.39, 0.29) is 30.0 Å². The molecule has 0 aromatic carbocycles. The van der Waals surface area contributed by atoms with Crippen LogP contribution in [0.1, 0.15) is 46.1 Å². The highest BCUT2D eigenvalue weighted by Gasteiger charge is 2.25. The molecule has 144 valence electrons. The molecule has 0 radical (unpaired) electrons. The van der Waals surface area contributed by atoms with Gasteiger partial charge in [0.05, 0.1) is 6.10 Å². The van der Waals surface area contributed by atoms with Crippen LogP contribution < -0.4 is 15.4 Å². The van der Waals surface area contributed by atoms with E-state index in [1.165, 1.54) is 0 Å². The second-order valence-corrected chi connectivity index (χ2v) is 7.22. The third-order valence-electron chi connectivity index (χ3n) is 4.27. The van der Waals surface area contributed by atoms with E-state index in [0.717, 1.165) is 18.4 Å². The number of likely N-dealkylation sites (tertiary alicyclic amines) is 1. The summed E-state index contributed by atoms with van der Waals surface area (Å²) in [5.74, 6) is 0.745. The Morgan fingerprint density at radius 2 is 1.96 bits per heavy atom. The van der Waals surface area contributed by atoms with E-state index in [0.29, 0.717) is 25.5 Å². The number of rotatable bonds is 6. The number of piperidine rings is 1. The number of carbonyl (C=O) groups excluding carboxylic acids is 2. The number of nitrogens with one attached hydrogen (secondary N) is 2. The summed E-state index contributed by atoms with van der Waals surface area (Å²) < 4.78 is 5.66. The van der Waals surface area contributed by atoms with Gasteiger partial charge in [-0.2, -0.15) is 0 Å². The molecule has 7 nitrogen and oxygen atoms in total. The summed E-state index contributed by atoms with van der Waals surface area (Å²) in [6.07, 6.45) is 3.25. The van der Waals surface area contributed by atoms with E-state index >= 15 is 0 Å². The average Bonchev–Trinajstić information content (AvgIpc) is 2.60. The maximum absolute atomic E-state index is 12.2. The Kier molecular flexibility index (Phi) is 7.24. The van der Waals surface area contributed by atoms with Crippen molar-refractivity contribution in [3.8, 4) is 5.88 Å². The van der Waals surface area contributed by atoms with Gasteiger partial charge in [0.25, 0.3) is 0 Å². The van der Waals surface area contributed by atoms with E-state index < -0.39 is 0 Å². The van der Waals surface area contributed by atoms with Crippen LogP contribution in [0.15, 0.2) is 18.3 Å². The minimum absolute atomic E-state index is 0.0181.